The maximum absolute atomic E-state index is 10.8. The van der Waals surface area contributed by atoms with E-state index in [1.165, 1.54) is 11.3 Å². The lowest BCUT2D eigenvalue weighted by Crippen LogP contribution is -2.20. The first-order valence-electron chi connectivity index (χ1n) is 5.15. The summed E-state index contributed by atoms with van der Waals surface area (Å²) >= 11 is 1.28. The van der Waals surface area contributed by atoms with Gasteiger partial charge in [-0.25, -0.2) is 4.79 Å². The highest BCUT2D eigenvalue weighted by Gasteiger charge is 2.10. The highest BCUT2D eigenvalue weighted by Crippen LogP contribution is 2.16. The van der Waals surface area contributed by atoms with Crippen molar-refractivity contribution in [3.8, 4) is 0 Å². The third-order valence-electron chi connectivity index (χ3n) is 2.45. The number of hydrogen-bond acceptors (Lipinski definition) is 3. The van der Waals surface area contributed by atoms with Gasteiger partial charge in [0.15, 0.2) is 0 Å². The summed E-state index contributed by atoms with van der Waals surface area (Å²) in [7, 11) is 0. The Kier molecular flexibility index (Phi) is 4.78. The van der Waals surface area contributed by atoms with Crippen LogP contribution in [0.5, 0.6) is 0 Å². The molecule has 1 rings (SSSR count). The Morgan fingerprint density at radius 1 is 1.67 bits per heavy atom. The summed E-state index contributed by atoms with van der Waals surface area (Å²) < 4.78 is 0. The molecule has 0 fully saturated rings. The second-order valence-electron chi connectivity index (χ2n) is 3.72. The highest BCUT2D eigenvalue weighted by molar-refractivity contribution is 7.12. The molecule has 0 aliphatic rings. The van der Waals surface area contributed by atoms with E-state index in [9.17, 15) is 4.79 Å². The lowest BCUT2D eigenvalue weighted by Gasteiger charge is -2.09. The van der Waals surface area contributed by atoms with Crippen molar-refractivity contribution in [2.45, 2.75) is 26.8 Å². The van der Waals surface area contributed by atoms with Crippen LogP contribution in [0.25, 0.3) is 0 Å². The topological polar surface area (TPSA) is 49.3 Å². The molecular formula is C11H17NO2S. The first-order chi connectivity index (χ1) is 7.15. The molecule has 0 bridgehead atoms. The Bertz CT molecular complexity index is 322. The van der Waals surface area contributed by atoms with Gasteiger partial charge in [-0.15, -0.1) is 11.3 Å². The van der Waals surface area contributed by atoms with Gasteiger partial charge < -0.3 is 10.4 Å². The van der Waals surface area contributed by atoms with Gasteiger partial charge in [0.2, 0.25) is 0 Å². The van der Waals surface area contributed by atoms with E-state index in [0.29, 0.717) is 17.3 Å². The number of carboxylic acid groups (broad SMARTS) is 1. The Labute approximate surface area is 94.1 Å². The molecule has 0 radical (unpaired) electrons. The van der Waals surface area contributed by atoms with Crippen LogP contribution in [0.2, 0.25) is 0 Å². The van der Waals surface area contributed by atoms with Crippen molar-refractivity contribution < 1.29 is 9.90 Å². The average molecular weight is 227 g/mol. The second-order valence-corrected chi connectivity index (χ2v) is 4.64. The average Bonchev–Trinajstić information content (AvgIpc) is 2.65. The number of rotatable bonds is 6. The minimum absolute atomic E-state index is 0.451. The number of carbonyl (C=O) groups is 1. The zero-order chi connectivity index (χ0) is 11.3. The first kappa shape index (κ1) is 12.2. The van der Waals surface area contributed by atoms with E-state index in [-0.39, 0.29) is 0 Å². The molecule has 4 heteroatoms. The Morgan fingerprint density at radius 3 is 3.00 bits per heavy atom. The minimum Gasteiger partial charge on any atom is -0.477 e. The van der Waals surface area contributed by atoms with Gasteiger partial charge in [0.05, 0.1) is 0 Å². The van der Waals surface area contributed by atoms with Gasteiger partial charge in [0.25, 0.3) is 0 Å². The van der Waals surface area contributed by atoms with E-state index < -0.39 is 5.97 Å². The molecule has 3 nitrogen and oxygen atoms in total. The van der Waals surface area contributed by atoms with Crippen LogP contribution in [-0.4, -0.2) is 17.6 Å². The predicted molar refractivity (Wildman–Crippen MR) is 62.4 cm³/mol. The van der Waals surface area contributed by atoms with E-state index in [4.69, 9.17) is 5.11 Å². The van der Waals surface area contributed by atoms with E-state index in [1.54, 1.807) is 0 Å². The maximum Gasteiger partial charge on any atom is 0.346 e. The number of nitrogens with one attached hydrogen (secondary N) is 1. The zero-order valence-electron chi connectivity index (χ0n) is 9.12. The molecule has 1 heterocycles. The van der Waals surface area contributed by atoms with Gasteiger partial charge in [-0.3, -0.25) is 0 Å². The quantitative estimate of drug-likeness (QED) is 0.785. The molecule has 0 saturated heterocycles. The molecular weight excluding hydrogens is 210 g/mol. The molecule has 0 aromatic carbocycles. The Morgan fingerprint density at radius 2 is 2.40 bits per heavy atom. The van der Waals surface area contributed by atoms with E-state index in [2.05, 4.69) is 19.2 Å². The summed E-state index contributed by atoms with van der Waals surface area (Å²) in [5.41, 5.74) is 0.885. The molecule has 0 amide bonds. The summed E-state index contributed by atoms with van der Waals surface area (Å²) in [6, 6.07) is 1.87. The molecule has 15 heavy (non-hydrogen) atoms. The van der Waals surface area contributed by atoms with Crippen molar-refractivity contribution in [1.29, 1.82) is 0 Å². The van der Waals surface area contributed by atoms with Gasteiger partial charge in [-0.2, -0.15) is 0 Å². The van der Waals surface area contributed by atoms with Crippen molar-refractivity contribution in [2.24, 2.45) is 5.92 Å². The lowest BCUT2D eigenvalue weighted by molar-refractivity contribution is 0.0701. The molecule has 1 atom stereocenters. The Hall–Kier alpha value is -0.870. The molecule has 84 valence electrons. The second kappa shape index (κ2) is 5.88. The van der Waals surface area contributed by atoms with Crippen LogP contribution in [0.15, 0.2) is 11.4 Å². The molecule has 1 aromatic rings. The Balaban J connectivity index is 2.44. The van der Waals surface area contributed by atoms with Gasteiger partial charge in [-0.1, -0.05) is 20.3 Å². The van der Waals surface area contributed by atoms with Crippen molar-refractivity contribution in [3.63, 3.8) is 0 Å². The van der Waals surface area contributed by atoms with E-state index >= 15 is 0 Å². The van der Waals surface area contributed by atoms with Crippen molar-refractivity contribution >= 4 is 17.3 Å². The number of thiophene rings is 1. The molecule has 0 saturated carbocycles. The number of carboxylic acids is 1. The fourth-order valence-corrected chi connectivity index (χ4v) is 2.02. The molecule has 2 N–H and O–H groups in total. The summed E-state index contributed by atoms with van der Waals surface area (Å²) in [4.78, 5) is 11.3. The first-order valence-corrected chi connectivity index (χ1v) is 6.03. The third kappa shape index (κ3) is 3.64. The van der Waals surface area contributed by atoms with Crippen molar-refractivity contribution in [3.05, 3.63) is 21.9 Å². The van der Waals surface area contributed by atoms with Gasteiger partial charge in [0, 0.05) is 6.54 Å². The van der Waals surface area contributed by atoms with Crippen molar-refractivity contribution in [1.82, 2.24) is 5.32 Å². The van der Waals surface area contributed by atoms with Crippen molar-refractivity contribution in [2.75, 3.05) is 6.54 Å². The molecule has 0 aliphatic carbocycles. The van der Waals surface area contributed by atoms with Crippen LogP contribution in [0.1, 0.15) is 35.5 Å². The highest BCUT2D eigenvalue weighted by atomic mass is 32.1. The van der Waals surface area contributed by atoms with Crippen LogP contribution in [0.3, 0.4) is 0 Å². The fraction of sp³-hybridized carbons (Fsp3) is 0.545. The van der Waals surface area contributed by atoms with Crippen LogP contribution in [0, 0.1) is 5.92 Å². The normalized spacial score (nSPS) is 12.7. The molecule has 1 unspecified atom stereocenters. The SMILES string of the molecule is CCC(C)CNCc1ccsc1C(=O)O. The van der Waals surface area contributed by atoms with Gasteiger partial charge in [-0.05, 0) is 29.5 Å². The van der Waals surface area contributed by atoms with E-state index in [1.807, 2.05) is 11.4 Å². The smallest absolute Gasteiger partial charge is 0.346 e. The van der Waals surface area contributed by atoms with Crippen LogP contribution < -0.4 is 5.32 Å². The van der Waals surface area contributed by atoms with Gasteiger partial charge in [0.1, 0.15) is 4.88 Å². The van der Waals surface area contributed by atoms with Crippen LogP contribution in [0.4, 0.5) is 0 Å². The van der Waals surface area contributed by atoms with E-state index in [0.717, 1.165) is 18.5 Å². The summed E-state index contributed by atoms with van der Waals surface area (Å²) in [6.07, 6.45) is 1.14. The lowest BCUT2D eigenvalue weighted by atomic mass is 10.1. The minimum atomic E-state index is -0.828. The van der Waals surface area contributed by atoms with Crippen LogP contribution >= 0.6 is 11.3 Å². The molecule has 1 aromatic heterocycles. The predicted octanol–water partition coefficient (Wildman–Crippen LogP) is 2.58. The zero-order valence-corrected chi connectivity index (χ0v) is 9.93. The fourth-order valence-electron chi connectivity index (χ4n) is 1.26. The number of hydrogen-bond donors (Lipinski definition) is 2. The standard InChI is InChI=1S/C11H17NO2S/c1-3-8(2)6-12-7-9-4-5-15-10(9)11(13)14/h4-5,8,12H,3,6-7H2,1-2H3,(H,13,14). The molecule has 0 spiro atoms. The summed E-state index contributed by atoms with van der Waals surface area (Å²) in [5, 5.41) is 14.0. The van der Waals surface area contributed by atoms with Gasteiger partial charge >= 0.3 is 5.97 Å². The summed E-state index contributed by atoms with van der Waals surface area (Å²) in [6.45, 7) is 5.92. The molecule has 0 aliphatic heterocycles. The monoisotopic (exact) mass is 227 g/mol. The largest absolute Gasteiger partial charge is 0.477 e. The van der Waals surface area contributed by atoms with Crippen LogP contribution in [-0.2, 0) is 6.54 Å². The third-order valence-corrected chi connectivity index (χ3v) is 3.39. The maximum atomic E-state index is 10.8. The summed E-state index contributed by atoms with van der Waals surface area (Å²) in [5.74, 6) is -0.192. The number of aromatic carboxylic acids is 1.